The summed E-state index contributed by atoms with van der Waals surface area (Å²) in [6.07, 6.45) is 2.14. The van der Waals surface area contributed by atoms with Crippen molar-refractivity contribution < 1.29 is 9.47 Å². The number of nitrogens with one attached hydrogen (secondary N) is 1. The molecule has 0 heterocycles. The Morgan fingerprint density at radius 3 is 1.96 bits per heavy atom. The molecule has 0 aliphatic heterocycles. The monoisotopic (exact) mass is 345 g/mol. The Bertz CT molecular complexity index is 542. The van der Waals surface area contributed by atoms with Gasteiger partial charge in [0.2, 0.25) is 0 Å². The summed E-state index contributed by atoms with van der Waals surface area (Å²) in [6.45, 7) is 9.20. The minimum absolute atomic E-state index is 0.928. The van der Waals surface area contributed by atoms with Crippen LogP contribution in [0.2, 0.25) is 0 Å². The van der Waals surface area contributed by atoms with Crippen LogP contribution in [0.3, 0.4) is 0 Å². The Labute approximate surface area is 154 Å². The predicted octanol–water partition coefficient (Wildman–Crippen LogP) is 5.05. The molecule has 0 saturated carbocycles. The number of ether oxygens (including phenoxy) is 2. The first kappa shape index (κ1) is 23.0. The van der Waals surface area contributed by atoms with E-state index in [0.717, 1.165) is 30.9 Å². The Balaban J connectivity index is 0.000000430. The summed E-state index contributed by atoms with van der Waals surface area (Å²) in [6, 6.07) is 14.5. The maximum Gasteiger partial charge on any atom is 0.122 e. The van der Waals surface area contributed by atoms with Gasteiger partial charge in [0.15, 0.2) is 0 Å². The minimum atomic E-state index is 0.928. The summed E-state index contributed by atoms with van der Waals surface area (Å²) in [4.78, 5) is 0. The topological polar surface area (TPSA) is 30.5 Å². The summed E-state index contributed by atoms with van der Waals surface area (Å²) >= 11 is 0. The number of benzene rings is 2. The lowest BCUT2D eigenvalue weighted by atomic mass is 10.1. The highest BCUT2D eigenvalue weighted by Gasteiger charge is 1.99. The van der Waals surface area contributed by atoms with E-state index in [-0.39, 0.29) is 0 Å². The van der Waals surface area contributed by atoms with Gasteiger partial charge in [-0.25, -0.2) is 0 Å². The summed E-state index contributed by atoms with van der Waals surface area (Å²) in [7, 11) is 5.36. The van der Waals surface area contributed by atoms with Gasteiger partial charge in [-0.1, -0.05) is 45.0 Å². The molecule has 0 amide bonds. The van der Waals surface area contributed by atoms with Gasteiger partial charge in [-0.05, 0) is 68.2 Å². The van der Waals surface area contributed by atoms with Crippen LogP contribution in [0.5, 0.6) is 11.5 Å². The standard InChI is InChI=1S/C11H17NO.C9H12O.C2H6/c1-9-4-5-10(6-7-12-2)8-11(9)13-3;1-3-8-4-6-9(10-2)7-5-8;1-2/h4-5,8,12H,6-7H2,1-3H3;4-7H,3H2,1-2H3;1-2H3. The van der Waals surface area contributed by atoms with Gasteiger partial charge in [-0.3, -0.25) is 0 Å². The normalized spacial score (nSPS) is 9.24. The molecule has 0 aliphatic carbocycles. The SMILES string of the molecule is CC.CCc1ccc(OC)cc1.CNCCc1ccc(C)c(OC)c1. The van der Waals surface area contributed by atoms with Crippen LogP contribution in [0.25, 0.3) is 0 Å². The van der Waals surface area contributed by atoms with Gasteiger partial charge in [0.1, 0.15) is 11.5 Å². The number of aryl methyl sites for hydroxylation is 2. The summed E-state index contributed by atoms with van der Waals surface area (Å²) in [5.74, 6) is 1.91. The summed E-state index contributed by atoms with van der Waals surface area (Å²) in [5, 5.41) is 3.13. The third-order valence-electron chi connectivity index (χ3n) is 3.70. The smallest absolute Gasteiger partial charge is 0.122 e. The van der Waals surface area contributed by atoms with Crippen molar-refractivity contribution in [1.29, 1.82) is 0 Å². The molecule has 3 nitrogen and oxygen atoms in total. The average Bonchev–Trinajstić information content (AvgIpc) is 2.69. The van der Waals surface area contributed by atoms with Crippen LogP contribution >= 0.6 is 0 Å². The second-order valence-electron chi connectivity index (χ2n) is 5.36. The molecule has 140 valence electrons. The second-order valence-corrected chi connectivity index (χ2v) is 5.36. The lowest BCUT2D eigenvalue weighted by Gasteiger charge is -2.07. The quantitative estimate of drug-likeness (QED) is 0.795. The van der Waals surface area contributed by atoms with E-state index in [1.54, 1.807) is 14.2 Å². The average molecular weight is 346 g/mol. The van der Waals surface area contributed by atoms with Gasteiger partial charge in [0.05, 0.1) is 14.2 Å². The molecular formula is C22H35NO2. The molecule has 0 bridgehead atoms. The molecule has 2 aromatic carbocycles. The highest BCUT2D eigenvalue weighted by molar-refractivity contribution is 5.36. The van der Waals surface area contributed by atoms with Crippen LogP contribution in [0.4, 0.5) is 0 Å². The van der Waals surface area contributed by atoms with Crippen molar-refractivity contribution in [2.24, 2.45) is 0 Å². The van der Waals surface area contributed by atoms with E-state index in [9.17, 15) is 0 Å². The molecule has 0 fully saturated rings. The Kier molecular flexibility index (Phi) is 13.2. The van der Waals surface area contributed by atoms with Gasteiger partial charge < -0.3 is 14.8 Å². The van der Waals surface area contributed by atoms with E-state index >= 15 is 0 Å². The molecule has 2 aromatic rings. The molecule has 3 heteroatoms. The molecule has 1 N–H and O–H groups in total. The second kappa shape index (κ2) is 14.4. The maximum absolute atomic E-state index is 5.25. The fraction of sp³-hybridized carbons (Fsp3) is 0.455. The first-order valence-electron chi connectivity index (χ1n) is 9.05. The van der Waals surface area contributed by atoms with E-state index in [1.807, 2.05) is 33.0 Å². The zero-order valence-electron chi connectivity index (χ0n) is 17.0. The van der Waals surface area contributed by atoms with Crippen molar-refractivity contribution in [2.45, 2.75) is 40.5 Å². The Morgan fingerprint density at radius 2 is 1.48 bits per heavy atom. The van der Waals surface area contributed by atoms with E-state index in [2.05, 4.69) is 49.5 Å². The van der Waals surface area contributed by atoms with Crippen LogP contribution in [0.15, 0.2) is 42.5 Å². The van der Waals surface area contributed by atoms with Crippen molar-refractivity contribution in [3.05, 3.63) is 59.2 Å². The zero-order valence-corrected chi connectivity index (χ0v) is 17.0. The van der Waals surface area contributed by atoms with Crippen molar-refractivity contribution in [1.82, 2.24) is 5.32 Å². The van der Waals surface area contributed by atoms with Crippen molar-refractivity contribution in [2.75, 3.05) is 27.8 Å². The lowest BCUT2D eigenvalue weighted by molar-refractivity contribution is 0.411. The zero-order chi connectivity index (χ0) is 19.1. The third kappa shape index (κ3) is 9.16. The first-order valence-corrected chi connectivity index (χ1v) is 9.05. The van der Waals surface area contributed by atoms with Gasteiger partial charge >= 0.3 is 0 Å². The van der Waals surface area contributed by atoms with Gasteiger partial charge in [0.25, 0.3) is 0 Å². The lowest BCUT2D eigenvalue weighted by Crippen LogP contribution is -2.10. The molecular weight excluding hydrogens is 310 g/mol. The highest BCUT2D eigenvalue weighted by Crippen LogP contribution is 2.18. The molecule has 0 aliphatic rings. The van der Waals surface area contributed by atoms with Gasteiger partial charge in [-0.15, -0.1) is 0 Å². The molecule has 0 spiro atoms. The number of rotatable bonds is 6. The number of methoxy groups -OCH3 is 2. The van der Waals surface area contributed by atoms with E-state index in [0.29, 0.717) is 0 Å². The van der Waals surface area contributed by atoms with Crippen molar-refractivity contribution in [3.63, 3.8) is 0 Å². The molecule has 0 saturated heterocycles. The molecule has 25 heavy (non-hydrogen) atoms. The Morgan fingerprint density at radius 1 is 0.880 bits per heavy atom. The van der Waals surface area contributed by atoms with Crippen LogP contribution in [0.1, 0.15) is 37.5 Å². The van der Waals surface area contributed by atoms with E-state index in [4.69, 9.17) is 9.47 Å². The van der Waals surface area contributed by atoms with Crippen molar-refractivity contribution in [3.8, 4) is 11.5 Å². The first-order chi connectivity index (χ1) is 12.1. The number of hydrogen-bond acceptors (Lipinski definition) is 3. The Hall–Kier alpha value is -2.00. The van der Waals surface area contributed by atoms with E-state index in [1.165, 1.54) is 16.7 Å². The maximum atomic E-state index is 5.25. The van der Waals surface area contributed by atoms with Crippen molar-refractivity contribution >= 4 is 0 Å². The predicted molar refractivity (Wildman–Crippen MR) is 109 cm³/mol. The molecule has 2 rings (SSSR count). The fourth-order valence-electron chi connectivity index (χ4n) is 2.15. The highest BCUT2D eigenvalue weighted by atomic mass is 16.5. The summed E-state index contributed by atoms with van der Waals surface area (Å²) < 4.78 is 10.3. The molecule has 0 aromatic heterocycles. The van der Waals surface area contributed by atoms with Gasteiger partial charge in [0, 0.05) is 0 Å². The van der Waals surface area contributed by atoms with E-state index < -0.39 is 0 Å². The number of hydrogen-bond donors (Lipinski definition) is 1. The molecule has 0 atom stereocenters. The van der Waals surface area contributed by atoms with Crippen LogP contribution in [-0.4, -0.2) is 27.8 Å². The number of likely N-dealkylation sites (N-methyl/N-ethyl adjacent to an activating group) is 1. The third-order valence-corrected chi connectivity index (χ3v) is 3.70. The fourth-order valence-corrected chi connectivity index (χ4v) is 2.15. The minimum Gasteiger partial charge on any atom is -0.497 e. The molecule has 0 radical (unpaired) electrons. The summed E-state index contributed by atoms with van der Waals surface area (Å²) in [5.41, 5.74) is 3.85. The molecule has 0 unspecified atom stereocenters. The largest absolute Gasteiger partial charge is 0.497 e. The van der Waals surface area contributed by atoms with Gasteiger partial charge in [-0.2, -0.15) is 0 Å². The van der Waals surface area contributed by atoms with Crippen LogP contribution in [-0.2, 0) is 12.8 Å². The van der Waals surface area contributed by atoms with Crippen LogP contribution < -0.4 is 14.8 Å². The van der Waals surface area contributed by atoms with Crippen LogP contribution in [0, 0.1) is 6.92 Å².